The molecule has 0 aliphatic carbocycles. The number of carbonyl (C=O) groups is 2. The Bertz CT molecular complexity index is 361. The Balaban J connectivity index is 2.53. The van der Waals surface area contributed by atoms with Crippen molar-refractivity contribution in [1.82, 2.24) is 10.6 Å². The first-order valence-electron chi connectivity index (χ1n) is 5.51. The van der Waals surface area contributed by atoms with Crippen LogP contribution in [0.4, 0.5) is 0 Å². The van der Waals surface area contributed by atoms with Crippen LogP contribution in [0.2, 0.25) is 0 Å². The van der Waals surface area contributed by atoms with Gasteiger partial charge in [0.2, 0.25) is 11.8 Å². The molecule has 94 valence electrons. The summed E-state index contributed by atoms with van der Waals surface area (Å²) in [5.74, 6) is 0.292. The van der Waals surface area contributed by atoms with Gasteiger partial charge in [-0.3, -0.25) is 14.9 Å². The Hall–Kier alpha value is -1.62. The molecular weight excluding hydrogens is 220 g/mol. The molecule has 1 aliphatic rings. The average Bonchev–Trinajstić information content (AvgIpc) is 2.31. The van der Waals surface area contributed by atoms with E-state index in [2.05, 4.69) is 17.2 Å². The van der Waals surface area contributed by atoms with E-state index < -0.39 is 0 Å². The van der Waals surface area contributed by atoms with Crippen LogP contribution in [0, 0.1) is 0 Å². The van der Waals surface area contributed by atoms with Crippen LogP contribution in [-0.4, -0.2) is 31.5 Å². The molecule has 1 saturated heterocycles. The number of ether oxygens (including phenoxy) is 1. The highest BCUT2D eigenvalue weighted by molar-refractivity contribution is 6.00. The lowest BCUT2D eigenvalue weighted by molar-refractivity contribution is -0.134. The summed E-state index contributed by atoms with van der Waals surface area (Å²) in [5.41, 5.74) is 0.900. The van der Waals surface area contributed by atoms with Gasteiger partial charge in [0.25, 0.3) is 0 Å². The number of hydrogen-bond acceptors (Lipinski definition) is 4. The highest BCUT2D eigenvalue weighted by Gasteiger charge is 2.25. The van der Waals surface area contributed by atoms with Crippen molar-refractivity contribution in [3.8, 4) is 0 Å². The molecule has 2 N–H and O–H groups in total. The minimum absolute atomic E-state index is 0.208. The standard InChI is InChI=1S/C12H18N2O3/c1-4-9(8(2)17-3)7-13-10-5-6-11(15)14-12(10)16/h4,10,13H,1,5-7H2,2-3H3,(H,14,15,16)/b9-8-. The molecular formula is C12H18N2O3. The molecule has 2 amide bonds. The molecule has 5 heteroatoms. The Morgan fingerprint density at radius 3 is 2.88 bits per heavy atom. The third-order valence-electron chi connectivity index (χ3n) is 2.78. The van der Waals surface area contributed by atoms with Crippen molar-refractivity contribution in [1.29, 1.82) is 0 Å². The predicted molar refractivity (Wildman–Crippen MR) is 64.1 cm³/mol. The normalized spacial score (nSPS) is 21.6. The first kappa shape index (κ1) is 13.4. The van der Waals surface area contributed by atoms with Gasteiger partial charge >= 0.3 is 0 Å². The Morgan fingerprint density at radius 2 is 2.35 bits per heavy atom. The molecule has 0 saturated carbocycles. The van der Waals surface area contributed by atoms with E-state index in [0.717, 1.165) is 11.3 Å². The van der Waals surface area contributed by atoms with E-state index in [4.69, 9.17) is 4.74 Å². The number of imide groups is 1. The first-order valence-corrected chi connectivity index (χ1v) is 5.51. The van der Waals surface area contributed by atoms with Gasteiger partial charge in [-0.05, 0) is 13.3 Å². The molecule has 0 aromatic heterocycles. The van der Waals surface area contributed by atoms with Gasteiger partial charge in [0.05, 0.1) is 18.9 Å². The van der Waals surface area contributed by atoms with Gasteiger partial charge in [0.1, 0.15) is 0 Å². The molecule has 1 unspecified atom stereocenters. The average molecular weight is 238 g/mol. The van der Waals surface area contributed by atoms with Gasteiger partial charge in [0.15, 0.2) is 0 Å². The molecule has 1 heterocycles. The highest BCUT2D eigenvalue weighted by atomic mass is 16.5. The molecule has 5 nitrogen and oxygen atoms in total. The second-order valence-corrected chi connectivity index (χ2v) is 3.87. The number of hydrogen-bond donors (Lipinski definition) is 2. The fourth-order valence-electron chi connectivity index (χ4n) is 1.59. The zero-order valence-electron chi connectivity index (χ0n) is 10.2. The van der Waals surface area contributed by atoms with Gasteiger partial charge in [-0.15, -0.1) is 0 Å². The van der Waals surface area contributed by atoms with Gasteiger partial charge < -0.3 is 10.1 Å². The number of carbonyl (C=O) groups excluding carboxylic acids is 2. The lowest BCUT2D eigenvalue weighted by atomic mass is 10.1. The van der Waals surface area contributed by atoms with Crippen LogP contribution in [0.5, 0.6) is 0 Å². The van der Waals surface area contributed by atoms with Crippen molar-refractivity contribution in [2.45, 2.75) is 25.8 Å². The molecule has 1 rings (SSSR count). The number of allylic oxidation sites excluding steroid dienone is 1. The van der Waals surface area contributed by atoms with Crippen LogP contribution in [0.25, 0.3) is 0 Å². The SMILES string of the molecule is C=C/C(CNC1CCC(=O)NC1=O)=C(\C)OC. The summed E-state index contributed by atoms with van der Waals surface area (Å²) in [4.78, 5) is 22.4. The van der Waals surface area contributed by atoms with Crippen LogP contribution in [0.3, 0.4) is 0 Å². The van der Waals surface area contributed by atoms with E-state index >= 15 is 0 Å². The third-order valence-corrected chi connectivity index (χ3v) is 2.78. The molecule has 0 aromatic rings. The van der Waals surface area contributed by atoms with E-state index in [1.165, 1.54) is 0 Å². The van der Waals surface area contributed by atoms with Gasteiger partial charge in [-0.2, -0.15) is 0 Å². The van der Waals surface area contributed by atoms with Crippen LogP contribution in [0.15, 0.2) is 24.0 Å². The number of rotatable bonds is 5. The van der Waals surface area contributed by atoms with Crippen LogP contribution >= 0.6 is 0 Å². The summed E-state index contributed by atoms with van der Waals surface area (Å²) in [6, 6.07) is -0.327. The summed E-state index contributed by atoms with van der Waals surface area (Å²) >= 11 is 0. The van der Waals surface area contributed by atoms with Gasteiger partial charge in [-0.1, -0.05) is 12.7 Å². The number of nitrogens with one attached hydrogen (secondary N) is 2. The van der Waals surface area contributed by atoms with Gasteiger partial charge in [0, 0.05) is 18.5 Å². The maximum absolute atomic E-state index is 11.5. The lowest BCUT2D eigenvalue weighted by Crippen LogP contribution is -2.51. The summed E-state index contributed by atoms with van der Waals surface area (Å²) < 4.78 is 5.10. The van der Waals surface area contributed by atoms with E-state index in [9.17, 15) is 9.59 Å². The second kappa shape index (κ2) is 6.20. The fourth-order valence-corrected chi connectivity index (χ4v) is 1.59. The summed E-state index contributed by atoms with van der Waals surface area (Å²) in [6.07, 6.45) is 2.60. The minimum Gasteiger partial charge on any atom is -0.501 e. The monoisotopic (exact) mass is 238 g/mol. The smallest absolute Gasteiger partial charge is 0.243 e. The van der Waals surface area contributed by atoms with Crippen molar-refractivity contribution >= 4 is 11.8 Å². The molecule has 1 fully saturated rings. The number of methoxy groups -OCH3 is 1. The van der Waals surface area contributed by atoms with Crippen molar-refractivity contribution in [2.24, 2.45) is 0 Å². The summed E-state index contributed by atoms with van der Waals surface area (Å²) in [6.45, 7) is 6.02. The number of amides is 2. The maximum Gasteiger partial charge on any atom is 0.243 e. The zero-order chi connectivity index (χ0) is 12.8. The molecule has 0 bridgehead atoms. The van der Waals surface area contributed by atoms with Crippen molar-refractivity contribution in [2.75, 3.05) is 13.7 Å². The number of piperidine rings is 1. The Kier molecular flexibility index (Phi) is 4.90. The molecule has 1 aliphatic heterocycles. The van der Waals surface area contributed by atoms with E-state index in [0.29, 0.717) is 19.4 Å². The topological polar surface area (TPSA) is 67.4 Å². The predicted octanol–water partition coefficient (Wildman–Crippen LogP) is 0.488. The molecule has 0 aromatic carbocycles. The summed E-state index contributed by atoms with van der Waals surface area (Å²) in [7, 11) is 1.59. The molecule has 1 atom stereocenters. The Morgan fingerprint density at radius 1 is 1.65 bits per heavy atom. The van der Waals surface area contributed by atoms with Crippen LogP contribution in [-0.2, 0) is 14.3 Å². The van der Waals surface area contributed by atoms with Crippen molar-refractivity contribution in [3.05, 3.63) is 24.0 Å². The van der Waals surface area contributed by atoms with Crippen LogP contribution < -0.4 is 10.6 Å². The first-order chi connectivity index (χ1) is 8.08. The summed E-state index contributed by atoms with van der Waals surface area (Å²) in [5, 5.41) is 5.39. The van der Waals surface area contributed by atoms with Gasteiger partial charge in [-0.25, -0.2) is 0 Å². The molecule has 17 heavy (non-hydrogen) atoms. The highest BCUT2D eigenvalue weighted by Crippen LogP contribution is 2.08. The Labute approximate surface area is 101 Å². The van der Waals surface area contributed by atoms with E-state index in [-0.39, 0.29) is 17.9 Å². The third kappa shape index (κ3) is 3.71. The fraction of sp³-hybridized carbons (Fsp3) is 0.500. The molecule has 0 spiro atoms. The lowest BCUT2D eigenvalue weighted by Gasteiger charge is -2.22. The largest absolute Gasteiger partial charge is 0.501 e. The quantitative estimate of drug-likeness (QED) is 0.415. The van der Waals surface area contributed by atoms with Crippen LogP contribution in [0.1, 0.15) is 19.8 Å². The maximum atomic E-state index is 11.5. The van der Waals surface area contributed by atoms with Crippen molar-refractivity contribution < 1.29 is 14.3 Å². The molecule has 0 radical (unpaired) electrons. The van der Waals surface area contributed by atoms with E-state index in [1.807, 2.05) is 6.92 Å². The van der Waals surface area contributed by atoms with E-state index in [1.54, 1.807) is 13.2 Å². The zero-order valence-corrected chi connectivity index (χ0v) is 10.2. The second-order valence-electron chi connectivity index (χ2n) is 3.87. The minimum atomic E-state index is -0.327. The van der Waals surface area contributed by atoms with Crippen molar-refractivity contribution in [3.63, 3.8) is 0 Å².